The van der Waals surface area contributed by atoms with Crippen LogP contribution >= 0.6 is 27.3 Å². The van der Waals surface area contributed by atoms with Gasteiger partial charge in [0.15, 0.2) is 0 Å². The van der Waals surface area contributed by atoms with E-state index in [1.54, 1.807) is 0 Å². The van der Waals surface area contributed by atoms with E-state index in [0.29, 0.717) is 5.92 Å². The first-order valence-electron chi connectivity index (χ1n) is 6.97. The molecule has 1 aromatic carbocycles. The molecule has 0 radical (unpaired) electrons. The Bertz CT molecular complexity index is 528. The summed E-state index contributed by atoms with van der Waals surface area (Å²) in [7, 11) is 0. The largest absolute Gasteiger partial charge is 0.311 e. The first-order chi connectivity index (χ1) is 9.44. The Morgan fingerprint density at radius 1 is 1.20 bits per heavy atom. The molecule has 1 aromatic heterocycles. The normalized spacial score (nSPS) is 13.4. The molecule has 20 heavy (non-hydrogen) atoms. The van der Waals surface area contributed by atoms with Gasteiger partial charge in [0.25, 0.3) is 0 Å². The minimum absolute atomic E-state index is 0.152. The topological polar surface area (TPSA) is 12.0 Å². The molecule has 2 aromatic rings. The van der Waals surface area contributed by atoms with E-state index in [-0.39, 0.29) is 5.54 Å². The van der Waals surface area contributed by atoms with Crippen molar-refractivity contribution in [1.29, 1.82) is 0 Å². The van der Waals surface area contributed by atoms with Gasteiger partial charge in [-0.3, -0.25) is 0 Å². The Kier molecular flexibility index (Phi) is 5.42. The zero-order valence-electron chi connectivity index (χ0n) is 12.3. The van der Waals surface area contributed by atoms with Gasteiger partial charge in [0, 0.05) is 27.4 Å². The molecule has 1 atom stereocenters. The van der Waals surface area contributed by atoms with Crippen molar-refractivity contribution in [2.45, 2.75) is 38.6 Å². The lowest BCUT2D eigenvalue weighted by atomic mass is 9.94. The van der Waals surface area contributed by atoms with Gasteiger partial charge in [-0.05, 0) is 56.3 Å². The van der Waals surface area contributed by atoms with Crippen molar-refractivity contribution in [2.24, 2.45) is 0 Å². The predicted molar refractivity (Wildman–Crippen MR) is 92.7 cm³/mol. The van der Waals surface area contributed by atoms with Crippen LogP contribution in [0.1, 0.15) is 37.1 Å². The lowest BCUT2D eigenvalue weighted by molar-refractivity contribution is 0.405. The fourth-order valence-corrected chi connectivity index (χ4v) is 3.37. The molecule has 0 aliphatic heterocycles. The van der Waals surface area contributed by atoms with Crippen LogP contribution in [0.15, 0.2) is 46.3 Å². The summed E-state index contributed by atoms with van der Waals surface area (Å²) in [5.74, 6) is 0.505. The highest BCUT2D eigenvalue weighted by Crippen LogP contribution is 2.25. The maximum Gasteiger partial charge on any atom is 0.0178 e. The minimum atomic E-state index is 0.152. The van der Waals surface area contributed by atoms with Crippen LogP contribution in [0.25, 0.3) is 0 Å². The molecule has 1 unspecified atom stereocenters. The maximum absolute atomic E-state index is 3.64. The number of thiophene rings is 1. The van der Waals surface area contributed by atoms with Crippen LogP contribution in [0.4, 0.5) is 0 Å². The van der Waals surface area contributed by atoms with Crippen molar-refractivity contribution < 1.29 is 0 Å². The number of halogens is 1. The van der Waals surface area contributed by atoms with E-state index in [0.717, 1.165) is 17.4 Å². The average Bonchev–Trinajstić information content (AvgIpc) is 2.86. The summed E-state index contributed by atoms with van der Waals surface area (Å²) in [4.78, 5) is 1.45. The molecule has 0 bridgehead atoms. The van der Waals surface area contributed by atoms with Gasteiger partial charge in [0.1, 0.15) is 0 Å². The van der Waals surface area contributed by atoms with Crippen LogP contribution in [-0.4, -0.2) is 12.1 Å². The van der Waals surface area contributed by atoms with Crippen molar-refractivity contribution in [1.82, 2.24) is 5.32 Å². The van der Waals surface area contributed by atoms with Crippen molar-refractivity contribution in [3.05, 3.63) is 56.7 Å². The Morgan fingerprint density at radius 3 is 2.60 bits per heavy atom. The summed E-state index contributed by atoms with van der Waals surface area (Å²) < 4.78 is 1.15. The Morgan fingerprint density at radius 2 is 2.00 bits per heavy atom. The lowest BCUT2D eigenvalue weighted by Crippen LogP contribution is -2.39. The molecule has 108 valence electrons. The van der Waals surface area contributed by atoms with Crippen LogP contribution < -0.4 is 5.32 Å². The zero-order valence-corrected chi connectivity index (χ0v) is 14.7. The van der Waals surface area contributed by atoms with Crippen molar-refractivity contribution >= 4 is 27.3 Å². The summed E-state index contributed by atoms with van der Waals surface area (Å²) in [5, 5.41) is 5.80. The van der Waals surface area contributed by atoms with E-state index < -0.39 is 0 Å². The van der Waals surface area contributed by atoms with Crippen LogP contribution in [-0.2, 0) is 6.42 Å². The van der Waals surface area contributed by atoms with Gasteiger partial charge < -0.3 is 5.32 Å². The standard InChI is InChI=1S/C17H22BrNS/c1-17(2,3)19-12-14(11-16-8-5-9-20-16)13-6-4-7-15(18)10-13/h4-10,14,19H,11-12H2,1-3H3. The number of hydrogen-bond acceptors (Lipinski definition) is 2. The average molecular weight is 352 g/mol. The van der Waals surface area contributed by atoms with E-state index in [9.17, 15) is 0 Å². The summed E-state index contributed by atoms with van der Waals surface area (Å²) in [6.07, 6.45) is 1.09. The highest BCUT2D eigenvalue weighted by Gasteiger charge is 2.17. The Balaban J connectivity index is 2.15. The van der Waals surface area contributed by atoms with E-state index in [1.807, 2.05) is 11.3 Å². The molecule has 0 saturated carbocycles. The molecule has 0 fully saturated rings. The van der Waals surface area contributed by atoms with Crippen LogP contribution in [0.2, 0.25) is 0 Å². The monoisotopic (exact) mass is 351 g/mol. The summed E-state index contributed by atoms with van der Waals surface area (Å²) in [6, 6.07) is 13.0. The second-order valence-corrected chi connectivity index (χ2v) is 8.11. The molecule has 0 spiro atoms. The van der Waals surface area contributed by atoms with Gasteiger partial charge in [-0.1, -0.05) is 34.1 Å². The molecule has 0 saturated heterocycles. The van der Waals surface area contributed by atoms with Gasteiger partial charge in [-0.15, -0.1) is 11.3 Å². The lowest BCUT2D eigenvalue weighted by Gasteiger charge is -2.25. The Labute approximate surface area is 134 Å². The number of rotatable bonds is 5. The van der Waals surface area contributed by atoms with Gasteiger partial charge in [0.05, 0.1) is 0 Å². The number of nitrogens with one attached hydrogen (secondary N) is 1. The third-order valence-corrected chi connectivity index (χ3v) is 4.62. The summed E-state index contributed by atoms with van der Waals surface area (Å²) in [6.45, 7) is 7.65. The summed E-state index contributed by atoms with van der Waals surface area (Å²) >= 11 is 5.43. The third-order valence-electron chi connectivity index (χ3n) is 3.23. The molecule has 0 amide bonds. The highest BCUT2D eigenvalue weighted by atomic mass is 79.9. The first-order valence-corrected chi connectivity index (χ1v) is 8.64. The predicted octanol–water partition coefficient (Wildman–Crippen LogP) is 5.23. The fraction of sp³-hybridized carbons (Fsp3) is 0.412. The van der Waals surface area contributed by atoms with Crippen LogP contribution in [0.5, 0.6) is 0 Å². The van der Waals surface area contributed by atoms with Gasteiger partial charge >= 0.3 is 0 Å². The zero-order chi connectivity index (χ0) is 14.6. The van der Waals surface area contributed by atoms with Crippen molar-refractivity contribution in [3.63, 3.8) is 0 Å². The quantitative estimate of drug-likeness (QED) is 0.777. The molecular formula is C17H22BrNS. The van der Waals surface area contributed by atoms with E-state index in [2.05, 4.69) is 83.8 Å². The smallest absolute Gasteiger partial charge is 0.0178 e. The van der Waals surface area contributed by atoms with E-state index in [1.165, 1.54) is 10.4 Å². The third kappa shape index (κ3) is 5.04. The van der Waals surface area contributed by atoms with Crippen molar-refractivity contribution in [3.8, 4) is 0 Å². The van der Waals surface area contributed by atoms with Crippen LogP contribution in [0, 0.1) is 0 Å². The first kappa shape index (κ1) is 15.7. The second kappa shape index (κ2) is 6.88. The van der Waals surface area contributed by atoms with E-state index in [4.69, 9.17) is 0 Å². The molecule has 0 aliphatic rings. The molecule has 1 nitrogen and oxygen atoms in total. The molecular weight excluding hydrogens is 330 g/mol. The highest BCUT2D eigenvalue weighted by molar-refractivity contribution is 9.10. The molecule has 1 N–H and O–H groups in total. The minimum Gasteiger partial charge on any atom is -0.311 e. The second-order valence-electron chi connectivity index (χ2n) is 6.17. The molecule has 3 heteroatoms. The Hall–Kier alpha value is -0.640. The summed E-state index contributed by atoms with van der Waals surface area (Å²) in [5.41, 5.74) is 1.55. The number of hydrogen-bond donors (Lipinski definition) is 1. The number of benzene rings is 1. The van der Waals surface area contributed by atoms with Gasteiger partial charge in [0.2, 0.25) is 0 Å². The maximum atomic E-state index is 3.64. The van der Waals surface area contributed by atoms with E-state index >= 15 is 0 Å². The van der Waals surface area contributed by atoms with Crippen molar-refractivity contribution in [2.75, 3.05) is 6.54 Å². The molecule has 1 heterocycles. The fourth-order valence-electron chi connectivity index (χ4n) is 2.17. The van der Waals surface area contributed by atoms with Gasteiger partial charge in [-0.25, -0.2) is 0 Å². The SMILES string of the molecule is CC(C)(C)NCC(Cc1cccs1)c1cccc(Br)c1. The van der Waals surface area contributed by atoms with Gasteiger partial charge in [-0.2, -0.15) is 0 Å². The molecule has 2 rings (SSSR count). The van der Waals surface area contributed by atoms with Crippen LogP contribution in [0.3, 0.4) is 0 Å². The molecule has 0 aliphatic carbocycles.